The van der Waals surface area contributed by atoms with Gasteiger partial charge in [-0.25, -0.2) is 0 Å². The topological polar surface area (TPSA) is 74.7 Å². The molecule has 6 nitrogen and oxygen atoms in total. The maximum atomic E-state index is 12.9. The lowest BCUT2D eigenvalue weighted by atomic mass is 9.92. The Hall–Kier alpha value is -2.18. The Labute approximate surface area is 165 Å². The predicted octanol–water partition coefficient (Wildman–Crippen LogP) is 2.42. The Morgan fingerprint density at radius 1 is 1.25 bits per heavy atom. The standard InChI is InChI=1S/C22H29N3O3/c1-15-12-21(19-4-2-3-5-20(19)23-15)25-10-11-28-14-16(13-25)22(27)24-17-6-8-18(26)9-7-17/h2-5,12,16-18,26H,6-11,13-14H2,1H3,(H,24,27). The van der Waals surface area contributed by atoms with E-state index in [4.69, 9.17) is 4.74 Å². The molecule has 2 aliphatic rings. The van der Waals surface area contributed by atoms with Crippen LogP contribution in [0.1, 0.15) is 31.4 Å². The zero-order valence-corrected chi connectivity index (χ0v) is 16.4. The fourth-order valence-corrected chi connectivity index (χ4v) is 4.27. The first-order chi connectivity index (χ1) is 13.6. The van der Waals surface area contributed by atoms with Gasteiger partial charge < -0.3 is 20.1 Å². The van der Waals surface area contributed by atoms with Crippen LogP contribution in [0.4, 0.5) is 5.69 Å². The summed E-state index contributed by atoms with van der Waals surface area (Å²) in [6, 6.07) is 10.4. The predicted molar refractivity (Wildman–Crippen MR) is 109 cm³/mol. The second kappa shape index (κ2) is 8.45. The summed E-state index contributed by atoms with van der Waals surface area (Å²) in [6.07, 6.45) is 3.01. The summed E-state index contributed by atoms with van der Waals surface area (Å²) in [5.41, 5.74) is 3.07. The second-order valence-electron chi connectivity index (χ2n) is 8.03. The molecule has 1 saturated heterocycles. The average Bonchev–Trinajstić information content (AvgIpc) is 2.95. The molecule has 1 unspecified atom stereocenters. The number of benzene rings is 1. The smallest absolute Gasteiger partial charge is 0.227 e. The van der Waals surface area contributed by atoms with Crippen molar-refractivity contribution >= 4 is 22.5 Å². The summed E-state index contributed by atoms with van der Waals surface area (Å²) in [5, 5.41) is 14.0. The van der Waals surface area contributed by atoms with Crippen LogP contribution >= 0.6 is 0 Å². The Kier molecular flexibility index (Phi) is 5.78. The van der Waals surface area contributed by atoms with Gasteiger partial charge in [0, 0.05) is 35.9 Å². The quantitative estimate of drug-likeness (QED) is 0.851. The minimum absolute atomic E-state index is 0.0587. The summed E-state index contributed by atoms with van der Waals surface area (Å²) >= 11 is 0. The number of anilines is 1. The van der Waals surface area contributed by atoms with E-state index in [0.717, 1.165) is 54.5 Å². The maximum Gasteiger partial charge on any atom is 0.227 e. The third-order valence-electron chi connectivity index (χ3n) is 5.84. The molecule has 2 N–H and O–H groups in total. The third-order valence-corrected chi connectivity index (χ3v) is 5.84. The highest BCUT2D eigenvalue weighted by Crippen LogP contribution is 2.28. The molecule has 1 saturated carbocycles. The molecule has 1 aliphatic heterocycles. The number of carbonyl (C=O) groups is 1. The van der Waals surface area contributed by atoms with Crippen molar-refractivity contribution in [1.82, 2.24) is 10.3 Å². The van der Waals surface area contributed by atoms with Gasteiger partial charge in [-0.3, -0.25) is 9.78 Å². The fourth-order valence-electron chi connectivity index (χ4n) is 4.27. The highest BCUT2D eigenvalue weighted by Gasteiger charge is 2.29. The van der Waals surface area contributed by atoms with Crippen LogP contribution < -0.4 is 10.2 Å². The van der Waals surface area contributed by atoms with Crippen LogP contribution in [-0.2, 0) is 9.53 Å². The first-order valence-corrected chi connectivity index (χ1v) is 10.3. The number of aromatic nitrogens is 1. The molecule has 2 aromatic rings. The van der Waals surface area contributed by atoms with Crippen molar-refractivity contribution in [3.05, 3.63) is 36.0 Å². The number of aliphatic hydroxyl groups excluding tert-OH is 1. The van der Waals surface area contributed by atoms with Gasteiger partial charge in [0.2, 0.25) is 5.91 Å². The largest absolute Gasteiger partial charge is 0.393 e. The number of pyridine rings is 1. The van der Waals surface area contributed by atoms with Crippen LogP contribution in [0.25, 0.3) is 10.9 Å². The molecular weight excluding hydrogens is 354 g/mol. The summed E-state index contributed by atoms with van der Waals surface area (Å²) in [5.74, 6) is -0.148. The summed E-state index contributed by atoms with van der Waals surface area (Å²) in [6.45, 7) is 4.45. The van der Waals surface area contributed by atoms with Crippen molar-refractivity contribution in [1.29, 1.82) is 0 Å². The number of ether oxygens (including phenoxy) is 1. The molecule has 1 aliphatic carbocycles. The summed E-state index contributed by atoms with van der Waals surface area (Å²) in [7, 11) is 0. The van der Waals surface area contributed by atoms with Crippen molar-refractivity contribution in [3.8, 4) is 0 Å². The Morgan fingerprint density at radius 3 is 2.86 bits per heavy atom. The second-order valence-corrected chi connectivity index (χ2v) is 8.03. The van der Waals surface area contributed by atoms with Crippen LogP contribution in [0.15, 0.2) is 30.3 Å². The van der Waals surface area contributed by atoms with Gasteiger partial charge in [0.15, 0.2) is 0 Å². The normalized spacial score (nSPS) is 26.1. The van der Waals surface area contributed by atoms with Crippen LogP contribution in [0, 0.1) is 12.8 Å². The van der Waals surface area contributed by atoms with Crippen molar-refractivity contribution in [2.75, 3.05) is 31.2 Å². The lowest BCUT2D eigenvalue weighted by Gasteiger charge is -2.30. The van der Waals surface area contributed by atoms with E-state index in [2.05, 4.69) is 27.3 Å². The maximum absolute atomic E-state index is 12.9. The van der Waals surface area contributed by atoms with Gasteiger partial charge in [0.1, 0.15) is 0 Å². The molecular formula is C22H29N3O3. The van der Waals surface area contributed by atoms with E-state index in [9.17, 15) is 9.90 Å². The van der Waals surface area contributed by atoms with Crippen LogP contribution in [-0.4, -0.2) is 54.4 Å². The van der Waals surface area contributed by atoms with E-state index in [1.807, 2.05) is 25.1 Å². The lowest BCUT2D eigenvalue weighted by molar-refractivity contribution is -0.127. The molecule has 1 aromatic heterocycles. The minimum atomic E-state index is -0.215. The van der Waals surface area contributed by atoms with E-state index >= 15 is 0 Å². The summed E-state index contributed by atoms with van der Waals surface area (Å²) < 4.78 is 5.77. The number of hydrogen-bond acceptors (Lipinski definition) is 5. The SMILES string of the molecule is Cc1cc(N2CCOCC(C(=O)NC3CCC(O)CC3)C2)c2ccccc2n1. The molecule has 4 rings (SSSR count). The molecule has 2 heterocycles. The number of fused-ring (bicyclic) bond motifs is 1. The van der Waals surface area contributed by atoms with Gasteiger partial charge in [-0.2, -0.15) is 0 Å². The number of aryl methyl sites for hydroxylation is 1. The van der Waals surface area contributed by atoms with Gasteiger partial charge in [-0.05, 0) is 44.7 Å². The fraction of sp³-hybridized carbons (Fsp3) is 0.545. The number of rotatable bonds is 3. The highest BCUT2D eigenvalue weighted by molar-refractivity contribution is 5.92. The van der Waals surface area contributed by atoms with Gasteiger partial charge in [0.05, 0.1) is 30.8 Å². The Bertz CT molecular complexity index is 833. The summed E-state index contributed by atoms with van der Waals surface area (Å²) in [4.78, 5) is 19.8. The van der Waals surface area contributed by atoms with E-state index in [0.29, 0.717) is 19.8 Å². The molecule has 0 radical (unpaired) electrons. The molecule has 1 atom stereocenters. The number of amides is 1. The van der Waals surface area contributed by atoms with Crippen molar-refractivity contribution in [2.24, 2.45) is 5.92 Å². The molecule has 28 heavy (non-hydrogen) atoms. The zero-order valence-electron chi connectivity index (χ0n) is 16.4. The number of hydrogen-bond donors (Lipinski definition) is 2. The number of carbonyl (C=O) groups excluding carboxylic acids is 1. The van der Waals surface area contributed by atoms with Crippen LogP contribution in [0.2, 0.25) is 0 Å². The lowest BCUT2D eigenvalue weighted by Crippen LogP contribution is -2.45. The molecule has 0 bridgehead atoms. The van der Waals surface area contributed by atoms with E-state index < -0.39 is 0 Å². The minimum Gasteiger partial charge on any atom is -0.393 e. The zero-order chi connectivity index (χ0) is 19.5. The van der Waals surface area contributed by atoms with Crippen LogP contribution in [0.3, 0.4) is 0 Å². The number of aliphatic hydroxyl groups is 1. The Balaban J connectivity index is 1.51. The third kappa shape index (κ3) is 4.28. The Morgan fingerprint density at radius 2 is 2.04 bits per heavy atom. The molecule has 2 fully saturated rings. The van der Waals surface area contributed by atoms with Gasteiger partial charge in [-0.15, -0.1) is 0 Å². The molecule has 150 valence electrons. The molecule has 0 spiro atoms. The number of nitrogens with zero attached hydrogens (tertiary/aromatic N) is 2. The molecule has 6 heteroatoms. The van der Waals surface area contributed by atoms with Gasteiger partial charge in [-0.1, -0.05) is 18.2 Å². The van der Waals surface area contributed by atoms with Crippen molar-refractivity contribution in [2.45, 2.75) is 44.8 Å². The van der Waals surface area contributed by atoms with Crippen LogP contribution in [0.5, 0.6) is 0 Å². The first kappa shape index (κ1) is 19.2. The van der Waals surface area contributed by atoms with E-state index in [-0.39, 0.29) is 24.0 Å². The monoisotopic (exact) mass is 383 g/mol. The molecule has 1 aromatic carbocycles. The van der Waals surface area contributed by atoms with E-state index in [1.165, 1.54) is 0 Å². The average molecular weight is 383 g/mol. The van der Waals surface area contributed by atoms with Gasteiger partial charge >= 0.3 is 0 Å². The number of para-hydroxylation sites is 1. The first-order valence-electron chi connectivity index (χ1n) is 10.3. The van der Waals surface area contributed by atoms with Gasteiger partial charge in [0.25, 0.3) is 0 Å². The van der Waals surface area contributed by atoms with E-state index in [1.54, 1.807) is 0 Å². The van der Waals surface area contributed by atoms with Crippen molar-refractivity contribution in [3.63, 3.8) is 0 Å². The highest BCUT2D eigenvalue weighted by atomic mass is 16.5. The number of nitrogens with one attached hydrogen (secondary N) is 1. The molecule has 1 amide bonds. The van der Waals surface area contributed by atoms with Crippen molar-refractivity contribution < 1.29 is 14.6 Å².